The average Bonchev–Trinajstić information content (AvgIpc) is 3.07. The van der Waals surface area contributed by atoms with Crippen LogP contribution < -0.4 is 10.5 Å². The maximum atomic E-state index is 12.6. The number of nitrogens with zero attached hydrogens (tertiary/aromatic N) is 2. The van der Waals surface area contributed by atoms with Gasteiger partial charge in [-0.25, -0.2) is 8.42 Å². The molecule has 0 aliphatic carbocycles. The van der Waals surface area contributed by atoms with Gasteiger partial charge in [0.2, 0.25) is 5.91 Å². The molecular weight excluding hydrogens is 328 g/mol. The minimum atomic E-state index is -3.59. The zero-order valence-electron chi connectivity index (χ0n) is 13.8. The Balaban J connectivity index is 1.81. The second kappa shape index (κ2) is 5.86. The summed E-state index contributed by atoms with van der Waals surface area (Å²) in [6, 6.07) is 5.96. The van der Waals surface area contributed by atoms with Crippen molar-refractivity contribution in [1.29, 1.82) is 0 Å². The van der Waals surface area contributed by atoms with Gasteiger partial charge in [0.15, 0.2) is 0 Å². The molecule has 0 aromatic heterocycles. The number of carbonyl (C=O) groups is 1. The number of rotatable bonds is 3. The van der Waals surface area contributed by atoms with Gasteiger partial charge in [0, 0.05) is 18.7 Å². The molecule has 130 valence electrons. The topological polar surface area (TPSA) is 105 Å². The van der Waals surface area contributed by atoms with Crippen LogP contribution in [0, 0.1) is 5.41 Å². The fourth-order valence-corrected chi connectivity index (χ4v) is 4.36. The summed E-state index contributed by atoms with van der Waals surface area (Å²) in [5.41, 5.74) is 6.23. The summed E-state index contributed by atoms with van der Waals surface area (Å²) in [6.07, 6.45) is 0.869. The highest BCUT2D eigenvalue weighted by Gasteiger charge is 2.37. The third-order valence-corrected chi connectivity index (χ3v) is 6.10. The number of nitrogens with one attached hydrogen (secondary N) is 1. The smallest absolute Gasteiger partial charge is 0.263 e. The van der Waals surface area contributed by atoms with Gasteiger partial charge in [0.05, 0.1) is 4.90 Å². The van der Waals surface area contributed by atoms with Crippen LogP contribution in [0.3, 0.4) is 0 Å². The highest BCUT2D eigenvalue weighted by Crippen LogP contribution is 2.29. The van der Waals surface area contributed by atoms with E-state index < -0.39 is 16.1 Å². The van der Waals surface area contributed by atoms with Crippen molar-refractivity contribution in [2.24, 2.45) is 16.1 Å². The molecule has 1 fully saturated rings. The van der Waals surface area contributed by atoms with E-state index in [2.05, 4.69) is 16.6 Å². The second-order valence-corrected chi connectivity index (χ2v) is 8.43. The molecule has 2 aliphatic rings. The number of sulfonamides is 1. The van der Waals surface area contributed by atoms with Crippen LogP contribution in [-0.4, -0.2) is 50.7 Å². The van der Waals surface area contributed by atoms with E-state index >= 15 is 0 Å². The SMILES string of the molecule is CC(N=C1NS(=O)(=O)c2ccccc21)C(=O)N1CCC(C)(CN)C1. The van der Waals surface area contributed by atoms with Crippen LogP contribution in [0.25, 0.3) is 0 Å². The fourth-order valence-electron chi connectivity index (χ4n) is 3.12. The van der Waals surface area contributed by atoms with E-state index in [1.54, 1.807) is 30.0 Å². The Hall–Kier alpha value is -1.93. The number of hydrogen-bond acceptors (Lipinski definition) is 5. The fraction of sp³-hybridized carbons (Fsp3) is 0.500. The predicted octanol–water partition coefficient (Wildman–Crippen LogP) is 0.311. The number of aliphatic imine (C=N–C) groups is 1. The van der Waals surface area contributed by atoms with Crippen molar-refractivity contribution in [2.75, 3.05) is 19.6 Å². The highest BCUT2D eigenvalue weighted by molar-refractivity contribution is 7.90. The van der Waals surface area contributed by atoms with Gasteiger partial charge in [-0.2, -0.15) is 0 Å². The molecule has 2 heterocycles. The lowest BCUT2D eigenvalue weighted by Crippen LogP contribution is -2.39. The number of fused-ring (bicyclic) bond motifs is 1. The van der Waals surface area contributed by atoms with Gasteiger partial charge >= 0.3 is 0 Å². The van der Waals surface area contributed by atoms with E-state index in [1.165, 1.54) is 6.07 Å². The molecule has 3 rings (SSSR count). The van der Waals surface area contributed by atoms with Crippen LogP contribution in [0.1, 0.15) is 25.8 Å². The lowest BCUT2D eigenvalue weighted by Gasteiger charge is -2.23. The molecule has 3 N–H and O–H groups in total. The van der Waals surface area contributed by atoms with Crippen LogP contribution in [0.15, 0.2) is 34.2 Å². The molecule has 2 atom stereocenters. The van der Waals surface area contributed by atoms with Gasteiger partial charge in [-0.15, -0.1) is 0 Å². The van der Waals surface area contributed by atoms with Crippen LogP contribution in [-0.2, 0) is 14.8 Å². The molecule has 7 nitrogen and oxygen atoms in total. The Morgan fingerprint density at radius 3 is 2.83 bits per heavy atom. The maximum Gasteiger partial charge on any atom is 0.263 e. The normalized spacial score (nSPS) is 27.8. The molecule has 1 aromatic rings. The van der Waals surface area contributed by atoms with Crippen molar-refractivity contribution in [2.45, 2.75) is 31.2 Å². The van der Waals surface area contributed by atoms with Crippen molar-refractivity contribution in [3.05, 3.63) is 29.8 Å². The van der Waals surface area contributed by atoms with Crippen LogP contribution in [0.5, 0.6) is 0 Å². The van der Waals surface area contributed by atoms with E-state index in [-0.39, 0.29) is 22.1 Å². The number of nitrogens with two attached hydrogens (primary N) is 1. The summed E-state index contributed by atoms with van der Waals surface area (Å²) in [5.74, 6) is 0.121. The standard InChI is InChI=1S/C16H22N4O3S/c1-11(15(21)20-8-7-16(2,9-17)10-20)18-14-12-5-3-4-6-13(12)24(22,23)19-14/h3-6,11H,7-10,17H2,1-2H3,(H,18,19). The van der Waals surface area contributed by atoms with Gasteiger partial charge < -0.3 is 10.6 Å². The summed E-state index contributed by atoms with van der Waals surface area (Å²) in [5, 5.41) is 0. The highest BCUT2D eigenvalue weighted by atomic mass is 32.2. The summed E-state index contributed by atoms with van der Waals surface area (Å²) < 4.78 is 26.6. The van der Waals surface area contributed by atoms with E-state index in [0.29, 0.717) is 25.2 Å². The van der Waals surface area contributed by atoms with Gasteiger partial charge in [-0.3, -0.25) is 14.5 Å². The Labute approximate surface area is 142 Å². The Kier molecular flexibility index (Phi) is 4.13. The molecule has 2 unspecified atom stereocenters. The zero-order chi connectivity index (χ0) is 17.5. The lowest BCUT2D eigenvalue weighted by molar-refractivity contribution is -0.131. The molecular formula is C16H22N4O3S. The molecule has 24 heavy (non-hydrogen) atoms. The number of amides is 1. The number of benzene rings is 1. The van der Waals surface area contributed by atoms with Crippen LogP contribution in [0.4, 0.5) is 0 Å². The molecule has 0 bridgehead atoms. The molecule has 0 radical (unpaired) electrons. The number of likely N-dealkylation sites (tertiary alicyclic amines) is 1. The molecule has 0 saturated carbocycles. The Morgan fingerprint density at radius 2 is 2.17 bits per heavy atom. The largest absolute Gasteiger partial charge is 0.340 e. The Morgan fingerprint density at radius 1 is 1.46 bits per heavy atom. The van der Waals surface area contributed by atoms with Crippen LogP contribution in [0.2, 0.25) is 0 Å². The van der Waals surface area contributed by atoms with Crippen LogP contribution >= 0.6 is 0 Å². The average molecular weight is 350 g/mol. The van der Waals surface area contributed by atoms with Gasteiger partial charge in [-0.05, 0) is 37.4 Å². The summed E-state index contributed by atoms with van der Waals surface area (Å²) in [7, 11) is -3.59. The first-order valence-electron chi connectivity index (χ1n) is 7.95. The maximum absolute atomic E-state index is 12.6. The first-order valence-corrected chi connectivity index (χ1v) is 9.43. The molecule has 0 spiro atoms. The van der Waals surface area contributed by atoms with Crippen molar-refractivity contribution < 1.29 is 13.2 Å². The quantitative estimate of drug-likeness (QED) is 0.818. The van der Waals surface area contributed by atoms with E-state index in [0.717, 1.165) is 6.42 Å². The number of amidine groups is 1. The monoisotopic (exact) mass is 350 g/mol. The van der Waals surface area contributed by atoms with E-state index in [1.807, 2.05) is 0 Å². The summed E-state index contributed by atoms with van der Waals surface area (Å²) in [6.45, 7) is 5.55. The van der Waals surface area contributed by atoms with Gasteiger partial charge in [0.25, 0.3) is 10.0 Å². The number of carbonyl (C=O) groups excluding carboxylic acids is 1. The molecule has 8 heteroatoms. The molecule has 1 amide bonds. The van der Waals surface area contributed by atoms with Crippen molar-refractivity contribution in [3.8, 4) is 0 Å². The summed E-state index contributed by atoms with van der Waals surface area (Å²) >= 11 is 0. The van der Waals surface area contributed by atoms with Crippen molar-refractivity contribution in [1.82, 2.24) is 9.62 Å². The van der Waals surface area contributed by atoms with Gasteiger partial charge in [0.1, 0.15) is 11.9 Å². The van der Waals surface area contributed by atoms with Gasteiger partial charge in [-0.1, -0.05) is 19.1 Å². The first-order chi connectivity index (χ1) is 11.3. The van der Waals surface area contributed by atoms with E-state index in [9.17, 15) is 13.2 Å². The van der Waals surface area contributed by atoms with Crippen molar-refractivity contribution >= 4 is 21.8 Å². The Bertz CT molecular complexity index is 805. The molecule has 2 aliphatic heterocycles. The number of hydrogen-bond donors (Lipinski definition) is 2. The third kappa shape index (κ3) is 2.91. The van der Waals surface area contributed by atoms with Crippen molar-refractivity contribution in [3.63, 3.8) is 0 Å². The second-order valence-electron chi connectivity index (χ2n) is 6.78. The lowest BCUT2D eigenvalue weighted by atomic mass is 9.90. The first kappa shape index (κ1) is 16.9. The predicted molar refractivity (Wildman–Crippen MR) is 91.1 cm³/mol. The summed E-state index contributed by atoms with van der Waals surface area (Å²) in [4.78, 5) is 18.9. The van der Waals surface area contributed by atoms with E-state index in [4.69, 9.17) is 5.73 Å². The minimum absolute atomic E-state index is 0.0515. The zero-order valence-corrected chi connectivity index (χ0v) is 14.6. The third-order valence-electron chi connectivity index (χ3n) is 4.71. The minimum Gasteiger partial charge on any atom is -0.340 e. The molecule has 1 aromatic carbocycles. The molecule has 1 saturated heterocycles.